The second-order valence-corrected chi connectivity index (χ2v) is 1.09. The topological polar surface area (TPSA) is 46.5 Å². The Bertz CT molecular complexity index is 67.3. The van der Waals surface area contributed by atoms with Crippen LogP contribution >= 0.6 is 0 Å². The number of hydrogen-bond acceptors (Lipinski definition) is 3. The van der Waals surface area contributed by atoms with E-state index in [0.29, 0.717) is 0 Å². The maximum absolute atomic E-state index is 9.76. The molecule has 0 amide bonds. The first-order chi connectivity index (χ1) is 3.13. The molecular weight excluding hydrogens is 96.0 g/mol. The van der Waals surface area contributed by atoms with Crippen LogP contribution in [0.25, 0.3) is 0 Å². The van der Waals surface area contributed by atoms with Gasteiger partial charge in [0, 0.05) is 0 Å². The molecule has 41 valence electrons. The fourth-order valence-electron chi connectivity index (χ4n) is 0.190. The number of carbonyl (C=O) groups is 1. The molecule has 1 N–H and O–H groups in total. The summed E-state index contributed by atoms with van der Waals surface area (Å²) >= 11 is 0. The van der Waals surface area contributed by atoms with Gasteiger partial charge >= 0.3 is 5.97 Å². The zero-order valence-corrected chi connectivity index (χ0v) is 4.05. The smallest absolute Gasteiger partial charge is 0.308 e. The monoisotopic (exact) mass is 103 g/mol. The van der Waals surface area contributed by atoms with Crippen molar-refractivity contribution in [3.63, 3.8) is 0 Å². The fourth-order valence-corrected chi connectivity index (χ4v) is 0.190. The van der Waals surface area contributed by atoms with Crippen LogP contribution in [0.4, 0.5) is 0 Å². The molecule has 3 nitrogen and oxygen atoms in total. The van der Waals surface area contributed by atoms with E-state index < -0.39 is 12.3 Å². The van der Waals surface area contributed by atoms with E-state index in [-0.39, 0.29) is 0 Å². The minimum atomic E-state index is -1.04. The Morgan fingerprint density at radius 3 is 2.43 bits per heavy atom. The summed E-state index contributed by atoms with van der Waals surface area (Å²) in [6.45, 7) is 4.19. The van der Waals surface area contributed by atoms with Crippen molar-refractivity contribution >= 4 is 5.97 Å². The molecule has 1 atom stereocenters. The van der Waals surface area contributed by atoms with Gasteiger partial charge in [0.15, 0.2) is 6.29 Å². The van der Waals surface area contributed by atoms with Crippen LogP contribution in [0, 0.1) is 6.92 Å². The molecule has 0 aliphatic rings. The van der Waals surface area contributed by atoms with E-state index in [1.165, 1.54) is 6.92 Å². The Kier molecular flexibility index (Phi) is 2.37. The largest absolute Gasteiger partial charge is 0.436 e. The molecule has 0 saturated heterocycles. The molecule has 0 aromatic rings. The average Bonchev–Trinajstić information content (AvgIpc) is 1.27. The van der Waals surface area contributed by atoms with E-state index in [4.69, 9.17) is 5.11 Å². The van der Waals surface area contributed by atoms with Gasteiger partial charge in [-0.25, -0.2) is 0 Å². The summed E-state index contributed by atoms with van der Waals surface area (Å²) in [4.78, 5) is 9.76. The van der Waals surface area contributed by atoms with Crippen LogP contribution in [0.15, 0.2) is 0 Å². The third kappa shape index (κ3) is 5.43. The molecule has 0 bridgehead atoms. The molecule has 1 radical (unpaired) electrons. The molecule has 0 fully saturated rings. The molecule has 0 rings (SSSR count). The molecule has 1 unspecified atom stereocenters. The molecule has 0 saturated carbocycles. The van der Waals surface area contributed by atoms with E-state index >= 15 is 0 Å². The summed E-state index contributed by atoms with van der Waals surface area (Å²) in [5.41, 5.74) is 0. The predicted octanol–water partition coefficient (Wildman–Crippen LogP) is -0.298. The van der Waals surface area contributed by atoms with Crippen LogP contribution in [-0.4, -0.2) is 17.4 Å². The molecular formula is C4H7O3. The number of esters is 1. The van der Waals surface area contributed by atoms with Crippen LogP contribution in [0.5, 0.6) is 0 Å². The van der Waals surface area contributed by atoms with Gasteiger partial charge in [-0.15, -0.1) is 0 Å². The summed E-state index contributed by atoms with van der Waals surface area (Å²) in [6, 6.07) is 0. The van der Waals surface area contributed by atoms with Crippen LogP contribution in [-0.2, 0) is 9.53 Å². The first-order valence-corrected chi connectivity index (χ1v) is 1.83. The van der Waals surface area contributed by atoms with Crippen LogP contribution < -0.4 is 0 Å². The lowest BCUT2D eigenvalue weighted by Gasteiger charge is -2.00. The number of carbonyl (C=O) groups excluding carboxylic acids is 1. The van der Waals surface area contributed by atoms with Crippen molar-refractivity contribution in [3.8, 4) is 0 Å². The van der Waals surface area contributed by atoms with E-state index in [1.807, 2.05) is 0 Å². The Hall–Kier alpha value is -0.570. The van der Waals surface area contributed by atoms with Gasteiger partial charge in [0.2, 0.25) is 0 Å². The number of ether oxygens (including phenoxy) is 1. The van der Waals surface area contributed by atoms with Crippen LogP contribution in [0.1, 0.15) is 6.92 Å². The average molecular weight is 103 g/mol. The molecule has 0 aromatic heterocycles. The summed E-state index contributed by atoms with van der Waals surface area (Å²) in [6.07, 6.45) is -1.04. The summed E-state index contributed by atoms with van der Waals surface area (Å²) < 4.78 is 4.06. The molecule has 0 heterocycles. The molecule has 0 aliphatic carbocycles. The van der Waals surface area contributed by atoms with Crippen molar-refractivity contribution < 1.29 is 14.6 Å². The van der Waals surface area contributed by atoms with Gasteiger partial charge in [0.25, 0.3) is 0 Å². The van der Waals surface area contributed by atoms with E-state index in [9.17, 15) is 4.79 Å². The fraction of sp³-hybridized carbons (Fsp3) is 0.500. The van der Waals surface area contributed by atoms with E-state index in [1.54, 1.807) is 0 Å². The Labute approximate surface area is 41.9 Å². The molecule has 0 aromatic carbocycles. The van der Waals surface area contributed by atoms with Gasteiger partial charge < -0.3 is 9.84 Å². The Morgan fingerprint density at radius 2 is 2.43 bits per heavy atom. The Morgan fingerprint density at radius 1 is 2.00 bits per heavy atom. The van der Waals surface area contributed by atoms with Gasteiger partial charge in [-0.2, -0.15) is 0 Å². The van der Waals surface area contributed by atoms with Crippen LogP contribution in [0.3, 0.4) is 0 Å². The van der Waals surface area contributed by atoms with E-state index in [2.05, 4.69) is 11.7 Å². The summed E-state index contributed by atoms with van der Waals surface area (Å²) in [5, 5.41) is 8.24. The number of aliphatic hydroxyl groups is 1. The molecule has 3 heteroatoms. The van der Waals surface area contributed by atoms with Crippen LogP contribution in [0.2, 0.25) is 0 Å². The van der Waals surface area contributed by atoms with Gasteiger partial charge in [0.1, 0.15) is 0 Å². The van der Waals surface area contributed by atoms with Gasteiger partial charge in [-0.1, -0.05) is 0 Å². The van der Waals surface area contributed by atoms with Crippen molar-refractivity contribution in [1.29, 1.82) is 0 Å². The number of rotatable bonds is 1. The van der Waals surface area contributed by atoms with Gasteiger partial charge in [0.05, 0.1) is 6.92 Å². The van der Waals surface area contributed by atoms with Crippen molar-refractivity contribution in [3.05, 3.63) is 6.92 Å². The zero-order valence-electron chi connectivity index (χ0n) is 4.05. The lowest BCUT2D eigenvalue weighted by Crippen LogP contribution is -2.10. The van der Waals surface area contributed by atoms with Crippen molar-refractivity contribution in [2.75, 3.05) is 0 Å². The van der Waals surface area contributed by atoms with Crippen molar-refractivity contribution in [2.24, 2.45) is 0 Å². The highest BCUT2D eigenvalue weighted by Crippen LogP contribution is 1.81. The van der Waals surface area contributed by atoms with Gasteiger partial charge in [-0.05, 0) is 6.92 Å². The molecule has 0 spiro atoms. The third-order valence-electron chi connectivity index (χ3n) is 0.302. The summed E-state index contributed by atoms with van der Waals surface area (Å²) in [7, 11) is 0. The van der Waals surface area contributed by atoms with Crippen molar-refractivity contribution in [1.82, 2.24) is 0 Å². The molecule has 0 aliphatic heterocycles. The minimum absolute atomic E-state index is 0.713. The van der Waals surface area contributed by atoms with Gasteiger partial charge in [-0.3, -0.25) is 4.79 Å². The van der Waals surface area contributed by atoms with E-state index in [0.717, 1.165) is 0 Å². The predicted molar refractivity (Wildman–Crippen MR) is 23.1 cm³/mol. The maximum atomic E-state index is 9.76. The SMILES string of the molecule is [CH2]C(=O)OC(C)O. The van der Waals surface area contributed by atoms with Crippen molar-refractivity contribution in [2.45, 2.75) is 13.2 Å². The first-order valence-electron chi connectivity index (χ1n) is 1.83. The lowest BCUT2D eigenvalue weighted by atomic mass is 10.7. The third-order valence-corrected chi connectivity index (χ3v) is 0.302. The standard InChI is InChI=1S/C4H7O3/c1-3(5)7-4(2)6/h4,6H,1H2,2H3. The molecule has 7 heavy (non-hydrogen) atoms. The first kappa shape index (κ1) is 6.43. The Balaban J connectivity index is 3.13. The number of hydrogen-bond donors (Lipinski definition) is 1. The highest BCUT2D eigenvalue weighted by molar-refractivity contribution is 5.73. The lowest BCUT2D eigenvalue weighted by molar-refractivity contribution is -0.158. The zero-order chi connectivity index (χ0) is 5.86. The normalized spacial score (nSPS) is 13.0. The number of aliphatic hydroxyl groups excluding tert-OH is 1. The second-order valence-electron chi connectivity index (χ2n) is 1.09. The second kappa shape index (κ2) is 2.58. The minimum Gasteiger partial charge on any atom is -0.436 e. The summed E-state index contributed by atoms with van der Waals surface area (Å²) in [5.74, 6) is -0.713. The highest BCUT2D eigenvalue weighted by Gasteiger charge is 1.95. The highest BCUT2D eigenvalue weighted by atomic mass is 16.6. The quantitative estimate of drug-likeness (QED) is 0.366. The maximum Gasteiger partial charge on any atom is 0.308 e.